The molecule has 4 heteroatoms. The standard InChI is InChI=1S/C8H19N3O/c1-11-4-2-8(6-9,7-11)10-3-5-12/h10,12H,2-7,9H2,1H3. The van der Waals surface area contributed by atoms with Crippen molar-refractivity contribution in [3.8, 4) is 0 Å². The highest BCUT2D eigenvalue weighted by Crippen LogP contribution is 2.18. The second-order valence-electron chi connectivity index (χ2n) is 3.62. The van der Waals surface area contributed by atoms with Gasteiger partial charge in [0, 0.05) is 25.2 Å². The fraction of sp³-hybridized carbons (Fsp3) is 1.00. The Hall–Kier alpha value is -0.160. The number of nitrogens with two attached hydrogens (primary N) is 1. The average Bonchev–Trinajstić information content (AvgIpc) is 2.45. The van der Waals surface area contributed by atoms with Crippen LogP contribution < -0.4 is 11.1 Å². The molecular formula is C8H19N3O. The molecule has 4 nitrogen and oxygen atoms in total. The van der Waals surface area contributed by atoms with Crippen molar-refractivity contribution in [3.63, 3.8) is 0 Å². The van der Waals surface area contributed by atoms with E-state index in [4.69, 9.17) is 10.8 Å². The average molecular weight is 173 g/mol. The Bertz CT molecular complexity index is 142. The normalized spacial score (nSPS) is 31.2. The van der Waals surface area contributed by atoms with Crippen molar-refractivity contribution in [2.45, 2.75) is 12.0 Å². The van der Waals surface area contributed by atoms with Crippen LogP contribution in [0.25, 0.3) is 0 Å². The number of hydrogen-bond acceptors (Lipinski definition) is 4. The summed E-state index contributed by atoms with van der Waals surface area (Å²) in [5.41, 5.74) is 5.75. The fourth-order valence-electron chi connectivity index (χ4n) is 1.78. The SMILES string of the molecule is CN1CCC(CN)(NCCO)C1. The van der Waals surface area contributed by atoms with Gasteiger partial charge in [0.2, 0.25) is 0 Å². The molecule has 0 radical (unpaired) electrons. The maximum Gasteiger partial charge on any atom is 0.0556 e. The predicted octanol–water partition coefficient (Wildman–Crippen LogP) is -1.40. The van der Waals surface area contributed by atoms with Crippen LogP contribution in [-0.2, 0) is 0 Å². The lowest BCUT2D eigenvalue weighted by atomic mass is 9.99. The van der Waals surface area contributed by atoms with Crippen LogP contribution in [0, 0.1) is 0 Å². The van der Waals surface area contributed by atoms with Gasteiger partial charge in [0.15, 0.2) is 0 Å². The summed E-state index contributed by atoms with van der Waals surface area (Å²) >= 11 is 0. The summed E-state index contributed by atoms with van der Waals surface area (Å²) in [7, 11) is 2.10. The van der Waals surface area contributed by atoms with Gasteiger partial charge in [-0.05, 0) is 20.0 Å². The van der Waals surface area contributed by atoms with E-state index in [2.05, 4.69) is 17.3 Å². The van der Waals surface area contributed by atoms with Crippen molar-refractivity contribution in [1.82, 2.24) is 10.2 Å². The zero-order valence-electron chi connectivity index (χ0n) is 7.71. The van der Waals surface area contributed by atoms with Crippen LogP contribution in [0.2, 0.25) is 0 Å². The Labute approximate surface area is 73.7 Å². The highest BCUT2D eigenvalue weighted by Gasteiger charge is 2.34. The number of nitrogens with one attached hydrogen (secondary N) is 1. The minimum absolute atomic E-state index is 0.0531. The van der Waals surface area contributed by atoms with Crippen molar-refractivity contribution < 1.29 is 5.11 Å². The predicted molar refractivity (Wildman–Crippen MR) is 49.0 cm³/mol. The molecule has 1 aliphatic heterocycles. The first-order valence-electron chi connectivity index (χ1n) is 4.47. The van der Waals surface area contributed by atoms with Crippen molar-refractivity contribution in [2.75, 3.05) is 39.8 Å². The third kappa shape index (κ3) is 2.17. The molecule has 0 aromatic heterocycles. The van der Waals surface area contributed by atoms with Gasteiger partial charge < -0.3 is 21.1 Å². The van der Waals surface area contributed by atoms with Crippen molar-refractivity contribution in [1.29, 1.82) is 0 Å². The molecule has 1 unspecified atom stereocenters. The molecule has 1 heterocycles. The molecule has 0 aromatic carbocycles. The Kier molecular flexibility index (Phi) is 3.46. The molecular weight excluding hydrogens is 154 g/mol. The molecule has 1 saturated heterocycles. The van der Waals surface area contributed by atoms with Crippen LogP contribution >= 0.6 is 0 Å². The van der Waals surface area contributed by atoms with E-state index in [1.807, 2.05) is 0 Å². The van der Waals surface area contributed by atoms with Crippen LogP contribution in [0.1, 0.15) is 6.42 Å². The molecule has 1 aliphatic rings. The molecule has 4 N–H and O–H groups in total. The number of rotatable bonds is 4. The van der Waals surface area contributed by atoms with Gasteiger partial charge in [-0.2, -0.15) is 0 Å². The molecule has 12 heavy (non-hydrogen) atoms. The molecule has 0 aromatic rings. The maximum atomic E-state index is 8.69. The summed E-state index contributed by atoms with van der Waals surface area (Å²) in [6, 6.07) is 0. The molecule has 0 saturated carbocycles. The Balaban J connectivity index is 2.41. The van der Waals surface area contributed by atoms with Crippen LogP contribution in [0.4, 0.5) is 0 Å². The number of aliphatic hydroxyl groups excluding tert-OH is 1. The minimum atomic E-state index is 0.0531. The lowest BCUT2D eigenvalue weighted by Crippen LogP contribution is -2.53. The van der Waals surface area contributed by atoms with E-state index in [9.17, 15) is 0 Å². The summed E-state index contributed by atoms with van der Waals surface area (Å²) in [5.74, 6) is 0. The first kappa shape index (κ1) is 9.92. The third-order valence-electron chi connectivity index (χ3n) is 2.55. The van der Waals surface area contributed by atoms with Crippen molar-refractivity contribution in [3.05, 3.63) is 0 Å². The first-order valence-corrected chi connectivity index (χ1v) is 4.47. The molecule has 0 bridgehead atoms. The van der Waals surface area contributed by atoms with E-state index >= 15 is 0 Å². The number of aliphatic hydroxyl groups is 1. The molecule has 1 rings (SSSR count). The Morgan fingerprint density at radius 2 is 2.42 bits per heavy atom. The number of likely N-dealkylation sites (tertiary alicyclic amines) is 1. The van der Waals surface area contributed by atoms with Crippen LogP contribution in [0.3, 0.4) is 0 Å². The maximum absolute atomic E-state index is 8.69. The summed E-state index contributed by atoms with van der Waals surface area (Å²) < 4.78 is 0. The monoisotopic (exact) mass is 173 g/mol. The molecule has 0 aliphatic carbocycles. The largest absolute Gasteiger partial charge is 0.395 e. The minimum Gasteiger partial charge on any atom is -0.395 e. The number of hydrogen-bond donors (Lipinski definition) is 3. The Morgan fingerprint density at radius 3 is 2.83 bits per heavy atom. The van der Waals surface area contributed by atoms with Crippen LogP contribution in [0.15, 0.2) is 0 Å². The van der Waals surface area contributed by atoms with Gasteiger partial charge in [-0.25, -0.2) is 0 Å². The fourth-order valence-corrected chi connectivity index (χ4v) is 1.78. The lowest BCUT2D eigenvalue weighted by molar-refractivity contribution is 0.252. The van der Waals surface area contributed by atoms with Crippen molar-refractivity contribution in [2.24, 2.45) is 5.73 Å². The zero-order valence-corrected chi connectivity index (χ0v) is 7.71. The highest BCUT2D eigenvalue weighted by atomic mass is 16.3. The van der Waals surface area contributed by atoms with Gasteiger partial charge in [0.25, 0.3) is 0 Å². The molecule has 1 atom stereocenters. The second-order valence-corrected chi connectivity index (χ2v) is 3.62. The van der Waals surface area contributed by atoms with E-state index in [1.165, 1.54) is 0 Å². The molecule has 0 amide bonds. The van der Waals surface area contributed by atoms with Crippen molar-refractivity contribution >= 4 is 0 Å². The lowest BCUT2D eigenvalue weighted by Gasteiger charge is -2.28. The first-order chi connectivity index (χ1) is 5.72. The second kappa shape index (κ2) is 4.18. The van der Waals surface area contributed by atoms with E-state index in [0.717, 1.165) is 19.5 Å². The summed E-state index contributed by atoms with van der Waals surface area (Å²) in [5, 5.41) is 12.0. The summed E-state index contributed by atoms with van der Waals surface area (Å²) in [4.78, 5) is 2.26. The molecule has 72 valence electrons. The van der Waals surface area contributed by atoms with Crippen LogP contribution in [-0.4, -0.2) is 55.4 Å². The van der Waals surface area contributed by atoms with Gasteiger partial charge in [-0.1, -0.05) is 0 Å². The van der Waals surface area contributed by atoms with E-state index in [0.29, 0.717) is 13.1 Å². The third-order valence-corrected chi connectivity index (χ3v) is 2.55. The number of β-amino-alcohol motifs (C(OH)–C–C–N with tert-alkyl or cyclic N) is 1. The van der Waals surface area contributed by atoms with Gasteiger partial charge >= 0.3 is 0 Å². The van der Waals surface area contributed by atoms with Crippen LogP contribution in [0.5, 0.6) is 0 Å². The summed E-state index contributed by atoms with van der Waals surface area (Å²) in [6.07, 6.45) is 1.08. The van der Waals surface area contributed by atoms with Gasteiger partial charge in [0.05, 0.1) is 6.61 Å². The van der Waals surface area contributed by atoms with Gasteiger partial charge in [-0.15, -0.1) is 0 Å². The smallest absolute Gasteiger partial charge is 0.0556 e. The zero-order chi connectivity index (χ0) is 9.03. The number of nitrogens with zero attached hydrogens (tertiary/aromatic N) is 1. The van der Waals surface area contributed by atoms with E-state index in [1.54, 1.807) is 0 Å². The Morgan fingerprint density at radius 1 is 1.67 bits per heavy atom. The topological polar surface area (TPSA) is 61.5 Å². The number of likely N-dealkylation sites (N-methyl/N-ethyl adjacent to an activating group) is 1. The summed E-state index contributed by atoms with van der Waals surface area (Å²) in [6.45, 7) is 3.56. The molecule has 1 fully saturated rings. The van der Waals surface area contributed by atoms with E-state index < -0.39 is 0 Å². The highest BCUT2D eigenvalue weighted by molar-refractivity contribution is 4.97. The van der Waals surface area contributed by atoms with Gasteiger partial charge in [0.1, 0.15) is 0 Å². The quantitative estimate of drug-likeness (QED) is 0.489. The molecule has 0 spiro atoms. The van der Waals surface area contributed by atoms with E-state index in [-0.39, 0.29) is 12.1 Å². The van der Waals surface area contributed by atoms with Gasteiger partial charge in [-0.3, -0.25) is 0 Å².